The third-order valence-electron chi connectivity index (χ3n) is 2.15. The molecule has 7 heteroatoms. The first kappa shape index (κ1) is 13.7. The van der Waals surface area contributed by atoms with E-state index < -0.39 is 31.3 Å². The largest absolute Gasteiger partial charge is 0.391 e. The monoisotopic (exact) mass is 246 g/mol. The summed E-state index contributed by atoms with van der Waals surface area (Å²) in [5, 5.41) is 9.18. The molecule has 1 heterocycles. The summed E-state index contributed by atoms with van der Waals surface area (Å²) in [6.45, 7) is 0.751. The molecule has 3 nitrogen and oxygen atoms in total. The fraction of sp³-hybridized carbons (Fsp3) is 1.00. The van der Waals surface area contributed by atoms with E-state index in [1.807, 2.05) is 0 Å². The Hall–Kier alpha value is -0.400. The Labute approximate surface area is 90.3 Å². The molecule has 0 spiro atoms. The fourth-order valence-corrected chi connectivity index (χ4v) is 1.05. The predicted octanol–water partition coefficient (Wildman–Crippen LogP) is 1.44. The van der Waals surface area contributed by atoms with Gasteiger partial charge in [0.2, 0.25) is 0 Å². The van der Waals surface area contributed by atoms with Gasteiger partial charge in [-0.2, -0.15) is 0 Å². The highest BCUT2D eigenvalue weighted by molar-refractivity contribution is 4.72. The van der Waals surface area contributed by atoms with Crippen LogP contribution in [0.4, 0.5) is 17.6 Å². The van der Waals surface area contributed by atoms with E-state index in [0.29, 0.717) is 13.2 Å². The van der Waals surface area contributed by atoms with E-state index >= 15 is 0 Å². The van der Waals surface area contributed by atoms with Crippen molar-refractivity contribution in [1.29, 1.82) is 0 Å². The molecule has 0 saturated carbocycles. The van der Waals surface area contributed by atoms with Crippen LogP contribution in [-0.2, 0) is 9.47 Å². The molecule has 1 fully saturated rings. The maximum Gasteiger partial charge on any atom is 0.307 e. The second-order valence-electron chi connectivity index (χ2n) is 3.75. The van der Waals surface area contributed by atoms with Gasteiger partial charge >= 0.3 is 12.3 Å². The normalized spacial score (nSPS) is 22.5. The number of alkyl halides is 4. The van der Waals surface area contributed by atoms with Gasteiger partial charge in [0.15, 0.2) is 0 Å². The van der Waals surface area contributed by atoms with Crippen LogP contribution in [0, 0.1) is 0 Å². The summed E-state index contributed by atoms with van der Waals surface area (Å²) in [5.41, 5.74) is 0. The van der Waals surface area contributed by atoms with Gasteiger partial charge in [-0.05, 0) is 6.42 Å². The van der Waals surface area contributed by atoms with Gasteiger partial charge in [0.1, 0.15) is 6.10 Å². The van der Waals surface area contributed by atoms with Crippen molar-refractivity contribution in [2.45, 2.75) is 37.4 Å². The Bertz CT molecular complexity index is 209. The molecule has 2 unspecified atom stereocenters. The van der Waals surface area contributed by atoms with Crippen molar-refractivity contribution in [3.8, 4) is 0 Å². The summed E-state index contributed by atoms with van der Waals surface area (Å²) in [6, 6.07) is 0. The molecular weight excluding hydrogens is 232 g/mol. The standard InChI is InChI=1S/C9H14F4O3/c10-8(11)9(12,13)2-1-6(14)3-15-4-7-5-16-7/h6-8,14H,1-5H2. The second kappa shape index (κ2) is 5.79. The first-order valence-corrected chi connectivity index (χ1v) is 4.95. The summed E-state index contributed by atoms with van der Waals surface area (Å²) >= 11 is 0. The van der Waals surface area contributed by atoms with Crippen molar-refractivity contribution in [1.82, 2.24) is 0 Å². The van der Waals surface area contributed by atoms with Crippen LogP contribution in [0.5, 0.6) is 0 Å². The van der Waals surface area contributed by atoms with Gasteiger partial charge in [0.25, 0.3) is 0 Å². The first-order chi connectivity index (χ1) is 7.42. The second-order valence-corrected chi connectivity index (χ2v) is 3.75. The lowest BCUT2D eigenvalue weighted by molar-refractivity contribution is -0.138. The van der Waals surface area contributed by atoms with Crippen molar-refractivity contribution < 1.29 is 32.1 Å². The summed E-state index contributed by atoms with van der Waals surface area (Å²) in [4.78, 5) is 0. The molecule has 1 aliphatic rings. The molecule has 16 heavy (non-hydrogen) atoms. The molecule has 1 aliphatic heterocycles. The summed E-state index contributed by atoms with van der Waals surface area (Å²) < 4.78 is 58.1. The number of aliphatic hydroxyl groups is 1. The number of halogens is 4. The maximum atomic E-state index is 12.4. The van der Waals surface area contributed by atoms with Crippen LogP contribution >= 0.6 is 0 Å². The van der Waals surface area contributed by atoms with E-state index in [4.69, 9.17) is 9.47 Å². The molecule has 1 N–H and O–H groups in total. The topological polar surface area (TPSA) is 42.0 Å². The molecule has 0 aliphatic carbocycles. The molecule has 0 radical (unpaired) electrons. The molecule has 96 valence electrons. The van der Waals surface area contributed by atoms with E-state index in [1.54, 1.807) is 0 Å². The fourth-order valence-electron chi connectivity index (χ4n) is 1.05. The molecule has 1 saturated heterocycles. The van der Waals surface area contributed by atoms with Crippen LogP contribution in [0.2, 0.25) is 0 Å². The smallest absolute Gasteiger partial charge is 0.307 e. The first-order valence-electron chi connectivity index (χ1n) is 4.95. The quantitative estimate of drug-likeness (QED) is 0.520. The number of rotatable bonds is 8. The van der Waals surface area contributed by atoms with Gasteiger partial charge in [-0.1, -0.05) is 0 Å². The molecule has 0 aromatic heterocycles. The van der Waals surface area contributed by atoms with Crippen molar-refractivity contribution in [2.75, 3.05) is 19.8 Å². The summed E-state index contributed by atoms with van der Waals surface area (Å²) in [6.07, 6.45) is -6.28. The highest BCUT2D eigenvalue weighted by Crippen LogP contribution is 2.28. The van der Waals surface area contributed by atoms with E-state index in [2.05, 4.69) is 0 Å². The third kappa shape index (κ3) is 5.09. The minimum atomic E-state index is -4.04. The average molecular weight is 246 g/mol. The van der Waals surface area contributed by atoms with E-state index in [0.717, 1.165) is 0 Å². The SMILES string of the molecule is OC(CCC(F)(F)C(F)F)COCC1CO1. The Balaban J connectivity index is 2.05. The van der Waals surface area contributed by atoms with Crippen molar-refractivity contribution in [3.63, 3.8) is 0 Å². The zero-order valence-corrected chi connectivity index (χ0v) is 8.54. The van der Waals surface area contributed by atoms with Gasteiger partial charge in [0, 0.05) is 6.42 Å². The van der Waals surface area contributed by atoms with Crippen molar-refractivity contribution in [2.24, 2.45) is 0 Å². The number of hydrogen-bond donors (Lipinski definition) is 1. The molecule has 0 amide bonds. The Morgan fingerprint density at radius 3 is 2.56 bits per heavy atom. The number of hydrogen-bond acceptors (Lipinski definition) is 3. The molecule has 2 atom stereocenters. The minimum absolute atomic E-state index is 0.0229. The highest BCUT2D eigenvalue weighted by atomic mass is 19.3. The van der Waals surface area contributed by atoms with Gasteiger partial charge in [-0.3, -0.25) is 0 Å². The summed E-state index contributed by atoms with van der Waals surface area (Å²) in [5.74, 6) is -4.04. The van der Waals surface area contributed by atoms with Crippen LogP contribution in [-0.4, -0.2) is 49.5 Å². The van der Waals surface area contributed by atoms with E-state index in [9.17, 15) is 22.7 Å². The summed E-state index contributed by atoms with van der Waals surface area (Å²) in [7, 11) is 0. The zero-order valence-electron chi connectivity index (χ0n) is 8.54. The van der Waals surface area contributed by atoms with Crippen LogP contribution in [0.3, 0.4) is 0 Å². The van der Waals surface area contributed by atoms with Crippen LogP contribution < -0.4 is 0 Å². The Morgan fingerprint density at radius 2 is 2.06 bits per heavy atom. The molecule has 0 aromatic rings. The molecular formula is C9H14F4O3. The Kier molecular flexibility index (Phi) is 4.94. The van der Waals surface area contributed by atoms with Crippen LogP contribution in [0.1, 0.15) is 12.8 Å². The van der Waals surface area contributed by atoms with Crippen LogP contribution in [0.25, 0.3) is 0 Å². The highest BCUT2D eigenvalue weighted by Gasteiger charge is 2.40. The van der Waals surface area contributed by atoms with Crippen LogP contribution in [0.15, 0.2) is 0 Å². The molecule has 1 rings (SSSR count). The Morgan fingerprint density at radius 1 is 1.44 bits per heavy atom. The molecule has 0 bridgehead atoms. The van der Waals surface area contributed by atoms with Gasteiger partial charge < -0.3 is 14.6 Å². The van der Waals surface area contributed by atoms with Gasteiger partial charge in [-0.15, -0.1) is 0 Å². The average Bonchev–Trinajstić information content (AvgIpc) is 2.98. The van der Waals surface area contributed by atoms with Crippen molar-refractivity contribution in [3.05, 3.63) is 0 Å². The number of ether oxygens (including phenoxy) is 2. The lowest BCUT2D eigenvalue weighted by atomic mass is 10.1. The van der Waals surface area contributed by atoms with Crippen molar-refractivity contribution >= 4 is 0 Å². The predicted molar refractivity (Wildman–Crippen MR) is 46.8 cm³/mol. The maximum absolute atomic E-state index is 12.4. The van der Waals surface area contributed by atoms with Gasteiger partial charge in [0.05, 0.1) is 25.9 Å². The molecule has 0 aromatic carbocycles. The lowest BCUT2D eigenvalue weighted by Gasteiger charge is -2.17. The van der Waals surface area contributed by atoms with E-state index in [-0.39, 0.29) is 12.7 Å². The van der Waals surface area contributed by atoms with E-state index in [1.165, 1.54) is 0 Å². The number of aliphatic hydroxyl groups excluding tert-OH is 1. The van der Waals surface area contributed by atoms with Gasteiger partial charge in [-0.25, -0.2) is 17.6 Å². The zero-order chi connectivity index (χ0) is 12.2. The lowest BCUT2D eigenvalue weighted by Crippen LogP contribution is -2.29. The third-order valence-corrected chi connectivity index (χ3v) is 2.15. The minimum Gasteiger partial charge on any atom is -0.391 e. The number of epoxide rings is 1.